The average molecular weight is 519 g/mol. The van der Waals surface area contributed by atoms with Crippen LogP contribution in [0.5, 0.6) is 17.2 Å². The molecule has 3 aromatic carbocycles. The Bertz CT molecular complexity index is 1390. The Morgan fingerprint density at radius 2 is 1.94 bits per heavy atom. The summed E-state index contributed by atoms with van der Waals surface area (Å²) >= 11 is 6.73. The lowest BCUT2D eigenvalue weighted by Crippen LogP contribution is -2.27. The number of ether oxygens (including phenoxy) is 3. The molecule has 0 saturated carbocycles. The normalized spacial score (nSPS) is 15.5. The SMILES string of the molecule is Cc1ccccc1NC(=O)COc1cccc(/C=C2\SC(=S)N(Cc3ccc4c(c3)OCO4)C2=O)c1. The average Bonchev–Trinajstić information content (AvgIpc) is 3.44. The quantitative estimate of drug-likeness (QED) is 0.343. The summed E-state index contributed by atoms with van der Waals surface area (Å²) in [6, 6.07) is 20.4. The predicted molar refractivity (Wildman–Crippen MR) is 143 cm³/mol. The van der Waals surface area contributed by atoms with Gasteiger partial charge in [0.1, 0.15) is 10.1 Å². The van der Waals surface area contributed by atoms with Crippen LogP contribution in [0.3, 0.4) is 0 Å². The first-order valence-corrected chi connectivity index (χ1v) is 12.4. The summed E-state index contributed by atoms with van der Waals surface area (Å²) in [6.07, 6.45) is 1.78. The monoisotopic (exact) mass is 518 g/mol. The molecule has 1 N–H and O–H groups in total. The second kappa shape index (κ2) is 10.4. The van der Waals surface area contributed by atoms with Crippen molar-refractivity contribution in [2.45, 2.75) is 13.5 Å². The number of nitrogens with one attached hydrogen (secondary N) is 1. The van der Waals surface area contributed by atoms with Crippen LogP contribution in [0.15, 0.2) is 71.6 Å². The van der Waals surface area contributed by atoms with Gasteiger partial charge in [0.05, 0.1) is 11.4 Å². The maximum absolute atomic E-state index is 13.1. The standard InChI is InChI=1S/C27H22N2O5S2/c1-17-5-2-3-8-21(17)28-25(30)15-32-20-7-4-6-18(11-20)13-24-26(31)29(27(35)36-24)14-19-9-10-22-23(12-19)34-16-33-22/h2-13H,14-16H2,1H3,(H,28,30)/b24-13-. The molecular formula is C27H22N2O5S2. The zero-order valence-corrected chi connectivity index (χ0v) is 21.0. The molecule has 2 heterocycles. The fraction of sp³-hybridized carbons (Fsp3) is 0.148. The highest BCUT2D eigenvalue weighted by molar-refractivity contribution is 8.26. The molecule has 2 aliphatic rings. The van der Waals surface area contributed by atoms with E-state index in [4.69, 9.17) is 26.4 Å². The molecule has 0 spiro atoms. The number of carbonyl (C=O) groups excluding carboxylic acids is 2. The van der Waals surface area contributed by atoms with Crippen molar-refractivity contribution in [2.24, 2.45) is 0 Å². The number of amides is 2. The number of thioether (sulfide) groups is 1. The molecular weight excluding hydrogens is 496 g/mol. The molecule has 7 nitrogen and oxygen atoms in total. The van der Waals surface area contributed by atoms with E-state index in [9.17, 15) is 9.59 Å². The number of para-hydroxylation sites is 1. The van der Waals surface area contributed by atoms with E-state index in [1.165, 1.54) is 11.8 Å². The molecule has 182 valence electrons. The van der Waals surface area contributed by atoms with Crippen molar-refractivity contribution >= 4 is 51.9 Å². The molecule has 0 atom stereocenters. The molecule has 1 saturated heterocycles. The number of fused-ring (bicyclic) bond motifs is 1. The van der Waals surface area contributed by atoms with Gasteiger partial charge in [-0.2, -0.15) is 0 Å². The molecule has 2 amide bonds. The Labute approximate surface area is 218 Å². The number of benzene rings is 3. The molecule has 0 aliphatic carbocycles. The van der Waals surface area contributed by atoms with Crippen LogP contribution in [0.4, 0.5) is 5.69 Å². The third-order valence-electron chi connectivity index (χ3n) is 5.60. The summed E-state index contributed by atoms with van der Waals surface area (Å²) in [5.74, 6) is 1.47. The van der Waals surface area contributed by atoms with E-state index in [0.29, 0.717) is 33.0 Å². The highest BCUT2D eigenvalue weighted by atomic mass is 32.2. The fourth-order valence-electron chi connectivity index (χ4n) is 3.75. The first kappa shape index (κ1) is 23.9. The topological polar surface area (TPSA) is 77.1 Å². The minimum Gasteiger partial charge on any atom is -0.484 e. The van der Waals surface area contributed by atoms with Gasteiger partial charge >= 0.3 is 0 Å². The van der Waals surface area contributed by atoms with Gasteiger partial charge in [0, 0.05) is 5.69 Å². The molecule has 0 unspecified atom stereocenters. The maximum atomic E-state index is 13.1. The van der Waals surface area contributed by atoms with Crippen LogP contribution < -0.4 is 19.5 Å². The van der Waals surface area contributed by atoms with Crippen LogP contribution in [-0.2, 0) is 16.1 Å². The van der Waals surface area contributed by atoms with Crippen molar-refractivity contribution in [3.05, 3.63) is 88.3 Å². The van der Waals surface area contributed by atoms with Crippen molar-refractivity contribution < 1.29 is 23.8 Å². The lowest BCUT2D eigenvalue weighted by molar-refractivity contribution is -0.122. The van der Waals surface area contributed by atoms with Gasteiger partial charge in [-0.05, 0) is 60.0 Å². The first-order chi connectivity index (χ1) is 17.5. The second-order valence-corrected chi connectivity index (χ2v) is 9.86. The molecule has 2 aliphatic heterocycles. The van der Waals surface area contributed by atoms with Gasteiger partial charge in [-0.1, -0.05) is 60.4 Å². The van der Waals surface area contributed by atoms with Crippen LogP contribution in [0.25, 0.3) is 6.08 Å². The van der Waals surface area contributed by atoms with E-state index in [0.717, 1.165) is 22.4 Å². The minimum absolute atomic E-state index is 0.130. The van der Waals surface area contributed by atoms with E-state index < -0.39 is 0 Å². The number of rotatable bonds is 7. The number of hydrogen-bond donors (Lipinski definition) is 1. The highest BCUT2D eigenvalue weighted by Gasteiger charge is 2.32. The largest absolute Gasteiger partial charge is 0.484 e. The van der Waals surface area contributed by atoms with E-state index in [-0.39, 0.29) is 25.2 Å². The molecule has 5 rings (SSSR count). The number of carbonyl (C=O) groups is 2. The lowest BCUT2D eigenvalue weighted by atomic mass is 10.1. The zero-order valence-electron chi connectivity index (χ0n) is 19.4. The van der Waals surface area contributed by atoms with Gasteiger partial charge in [0.2, 0.25) is 6.79 Å². The minimum atomic E-state index is -0.251. The van der Waals surface area contributed by atoms with Gasteiger partial charge in [-0.3, -0.25) is 14.5 Å². The van der Waals surface area contributed by atoms with Gasteiger partial charge in [0.25, 0.3) is 11.8 Å². The summed E-state index contributed by atoms with van der Waals surface area (Å²) in [7, 11) is 0. The smallest absolute Gasteiger partial charge is 0.266 e. The van der Waals surface area contributed by atoms with Crippen LogP contribution >= 0.6 is 24.0 Å². The Balaban J connectivity index is 1.22. The number of thiocarbonyl (C=S) groups is 1. The van der Waals surface area contributed by atoms with Crippen molar-refractivity contribution in [1.82, 2.24) is 4.90 Å². The Hall–Kier alpha value is -3.82. The van der Waals surface area contributed by atoms with E-state index in [2.05, 4.69) is 5.32 Å². The Kier molecular flexibility index (Phi) is 6.92. The second-order valence-electron chi connectivity index (χ2n) is 8.18. The molecule has 36 heavy (non-hydrogen) atoms. The number of anilines is 1. The first-order valence-electron chi connectivity index (χ1n) is 11.2. The van der Waals surface area contributed by atoms with Crippen LogP contribution in [-0.4, -0.2) is 34.4 Å². The summed E-state index contributed by atoms with van der Waals surface area (Å²) < 4.78 is 16.9. The van der Waals surface area contributed by atoms with Crippen LogP contribution in [0.1, 0.15) is 16.7 Å². The van der Waals surface area contributed by atoms with Crippen molar-refractivity contribution in [2.75, 3.05) is 18.7 Å². The fourth-order valence-corrected chi connectivity index (χ4v) is 5.01. The van der Waals surface area contributed by atoms with Gasteiger partial charge in [0.15, 0.2) is 18.1 Å². The molecule has 3 aromatic rings. The Morgan fingerprint density at radius 1 is 1.11 bits per heavy atom. The van der Waals surface area contributed by atoms with Crippen molar-refractivity contribution in [3.8, 4) is 17.2 Å². The van der Waals surface area contributed by atoms with Crippen molar-refractivity contribution in [3.63, 3.8) is 0 Å². The summed E-state index contributed by atoms with van der Waals surface area (Å²) in [5, 5.41) is 2.84. The third kappa shape index (κ3) is 5.37. The van der Waals surface area contributed by atoms with Gasteiger partial charge in [-0.25, -0.2) is 0 Å². The summed E-state index contributed by atoms with van der Waals surface area (Å²) in [6.45, 7) is 2.34. The molecule has 1 fully saturated rings. The number of nitrogens with zero attached hydrogens (tertiary/aromatic N) is 1. The summed E-state index contributed by atoms with van der Waals surface area (Å²) in [5.41, 5.74) is 3.40. The Morgan fingerprint density at radius 3 is 2.81 bits per heavy atom. The molecule has 0 aromatic heterocycles. The summed E-state index contributed by atoms with van der Waals surface area (Å²) in [4.78, 5) is 27.5. The third-order valence-corrected chi connectivity index (χ3v) is 6.97. The number of aryl methyl sites for hydroxylation is 1. The van der Waals surface area contributed by atoms with Crippen LogP contribution in [0, 0.1) is 6.92 Å². The zero-order chi connectivity index (χ0) is 25.1. The molecule has 0 radical (unpaired) electrons. The predicted octanol–water partition coefficient (Wildman–Crippen LogP) is 5.14. The lowest BCUT2D eigenvalue weighted by Gasteiger charge is -2.14. The maximum Gasteiger partial charge on any atom is 0.266 e. The van der Waals surface area contributed by atoms with E-state index >= 15 is 0 Å². The van der Waals surface area contributed by atoms with Crippen molar-refractivity contribution in [1.29, 1.82) is 0 Å². The van der Waals surface area contributed by atoms with E-state index in [1.54, 1.807) is 23.1 Å². The number of hydrogen-bond acceptors (Lipinski definition) is 7. The molecule has 9 heteroatoms. The van der Waals surface area contributed by atoms with Crippen LogP contribution in [0.2, 0.25) is 0 Å². The highest BCUT2D eigenvalue weighted by Crippen LogP contribution is 2.36. The van der Waals surface area contributed by atoms with Gasteiger partial charge in [-0.15, -0.1) is 0 Å². The van der Waals surface area contributed by atoms with E-state index in [1.807, 2.05) is 61.5 Å². The molecule has 0 bridgehead atoms. The van der Waals surface area contributed by atoms with Gasteiger partial charge < -0.3 is 19.5 Å².